The summed E-state index contributed by atoms with van der Waals surface area (Å²) in [5, 5.41) is 2.85. The minimum absolute atomic E-state index is 0.137. The number of hydrogen-bond donors (Lipinski definition) is 1. The van der Waals surface area contributed by atoms with Gasteiger partial charge < -0.3 is 19.5 Å². The maximum absolute atomic E-state index is 12.3. The van der Waals surface area contributed by atoms with Crippen LogP contribution in [0, 0.1) is 6.92 Å². The first-order valence-corrected chi connectivity index (χ1v) is 8.40. The lowest BCUT2D eigenvalue weighted by molar-refractivity contribution is -0.128. The molecule has 0 aliphatic heterocycles. The zero-order chi connectivity index (χ0) is 18.1. The Kier molecular flexibility index (Phi) is 7.14. The van der Waals surface area contributed by atoms with Crippen molar-refractivity contribution in [2.45, 2.75) is 26.4 Å². The molecule has 0 aromatic heterocycles. The first-order valence-electron chi connectivity index (χ1n) is 8.40. The number of aryl methyl sites for hydroxylation is 1. The molecule has 0 saturated heterocycles. The molecule has 5 heteroatoms. The first kappa shape index (κ1) is 18.6. The Labute approximate surface area is 148 Å². The number of benzene rings is 2. The lowest BCUT2D eigenvalue weighted by Gasteiger charge is -2.17. The van der Waals surface area contributed by atoms with Gasteiger partial charge in [-0.15, -0.1) is 0 Å². The van der Waals surface area contributed by atoms with E-state index < -0.39 is 6.10 Å². The largest absolute Gasteiger partial charge is 0.497 e. The van der Waals surface area contributed by atoms with Crippen LogP contribution in [-0.2, 0) is 4.79 Å². The first-order chi connectivity index (χ1) is 12.1. The van der Waals surface area contributed by atoms with Crippen molar-refractivity contribution in [1.82, 2.24) is 5.32 Å². The second-order valence-corrected chi connectivity index (χ2v) is 5.65. The average Bonchev–Trinajstić information content (AvgIpc) is 2.63. The average molecular weight is 343 g/mol. The molecule has 2 aromatic carbocycles. The Balaban J connectivity index is 1.75. The minimum Gasteiger partial charge on any atom is -0.497 e. The predicted molar refractivity (Wildman–Crippen MR) is 97.4 cm³/mol. The van der Waals surface area contributed by atoms with E-state index in [1.54, 1.807) is 7.11 Å². The summed E-state index contributed by atoms with van der Waals surface area (Å²) in [5.74, 6) is 2.08. The number of carbonyl (C=O) groups excluding carboxylic acids is 1. The van der Waals surface area contributed by atoms with Crippen molar-refractivity contribution in [3.8, 4) is 17.2 Å². The summed E-state index contributed by atoms with van der Waals surface area (Å²) in [7, 11) is 1.62. The van der Waals surface area contributed by atoms with Crippen LogP contribution < -0.4 is 19.5 Å². The van der Waals surface area contributed by atoms with E-state index in [-0.39, 0.29) is 5.91 Å². The van der Waals surface area contributed by atoms with E-state index >= 15 is 0 Å². The molecule has 0 aliphatic carbocycles. The third-order valence-electron chi connectivity index (χ3n) is 3.66. The Hall–Kier alpha value is -2.69. The zero-order valence-corrected chi connectivity index (χ0v) is 15.0. The van der Waals surface area contributed by atoms with Gasteiger partial charge in [0.2, 0.25) is 0 Å². The van der Waals surface area contributed by atoms with E-state index in [0.29, 0.717) is 25.3 Å². The van der Waals surface area contributed by atoms with Gasteiger partial charge in [-0.3, -0.25) is 4.79 Å². The standard InChI is InChI=1S/C20H25NO4/c1-4-19(25-18-7-5-6-15(2)14-18)20(22)21-12-13-24-17-10-8-16(23-3)9-11-17/h5-11,14,19H,4,12-13H2,1-3H3,(H,21,22)/t19-/m0/s1. The van der Waals surface area contributed by atoms with Crippen molar-refractivity contribution in [2.75, 3.05) is 20.3 Å². The highest BCUT2D eigenvalue weighted by molar-refractivity contribution is 5.81. The highest BCUT2D eigenvalue weighted by Gasteiger charge is 2.17. The molecule has 0 heterocycles. The van der Waals surface area contributed by atoms with Crippen molar-refractivity contribution in [3.05, 3.63) is 54.1 Å². The topological polar surface area (TPSA) is 56.8 Å². The molecule has 1 atom stereocenters. The second kappa shape index (κ2) is 9.57. The van der Waals surface area contributed by atoms with Crippen LogP contribution in [-0.4, -0.2) is 32.3 Å². The van der Waals surface area contributed by atoms with Gasteiger partial charge in [0, 0.05) is 0 Å². The molecule has 1 amide bonds. The van der Waals surface area contributed by atoms with E-state index in [1.165, 1.54) is 0 Å². The summed E-state index contributed by atoms with van der Waals surface area (Å²) in [6.45, 7) is 4.72. The van der Waals surface area contributed by atoms with Crippen molar-refractivity contribution in [2.24, 2.45) is 0 Å². The van der Waals surface area contributed by atoms with Gasteiger partial charge in [-0.05, 0) is 55.3 Å². The monoisotopic (exact) mass is 343 g/mol. The van der Waals surface area contributed by atoms with Crippen LogP contribution in [0.1, 0.15) is 18.9 Å². The van der Waals surface area contributed by atoms with Gasteiger partial charge in [-0.1, -0.05) is 19.1 Å². The van der Waals surface area contributed by atoms with Gasteiger partial charge in [0.25, 0.3) is 5.91 Å². The Morgan fingerprint density at radius 3 is 2.44 bits per heavy atom. The van der Waals surface area contributed by atoms with Crippen LogP contribution >= 0.6 is 0 Å². The Bertz CT molecular complexity index is 670. The Morgan fingerprint density at radius 1 is 1.08 bits per heavy atom. The lowest BCUT2D eigenvalue weighted by Crippen LogP contribution is -2.39. The number of nitrogens with one attached hydrogen (secondary N) is 1. The fraction of sp³-hybridized carbons (Fsp3) is 0.350. The van der Waals surface area contributed by atoms with Crippen molar-refractivity contribution < 1.29 is 19.0 Å². The van der Waals surface area contributed by atoms with E-state index in [4.69, 9.17) is 14.2 Å². The maximum atomic E-state index is 12.3. The van der Waals surface area contributed by atoms with E-state index in [9.17, 15) is 4.79 Å². The summed E-state index contributed by atoms with van der Waals surface area (Å²) in [5.41, 5.74) is 1.10. The third-order valence-corrected chi connectivity index (χ3v) is 3.66. The van der Waals surface area contributed by atoms with E-state index in [1.807, 2.05) is 62.4 Å². The zero-order valence-electron chi connectivity index (χ0n) is 15.0. The molecule has 0 fully saturated rings. The van der Waals surface area contributed by atoms with Gasteiger partial charge in [-0.25, -0.2) is 0 Å². The highest BCUT2D eigenvalue weighted by atomic mass is 16.5. The molecule has 0 radical (unpaired) electrons. The predicted octanol–water partition coefficient (Wildman–Crippen LogP) is 3.36. The number of ether oxygens (including phenoxy) is 3. The van der Waals surface area contributed by atoms with Crippen LogP contribution in [0.25, 0.3) is 0 Å². The Morgan fingerprint density at radius 2 is 1.80 bits per heavy atom. The van der Waals surface area contributed by atoms with Gasteiger partial charge in [0.1, 0.15) is 23.9 Å². The van der Waals surface area contributed by atoms with E-state index in [2.05, 4.69) is 5.32 Å². The fourth-order valence-electron chi connectivity index (χ4n) is 2.30. The number of hydrogen-bond acceptors (Lipinski definition) is 4. The summed E-state index contributed by atoms with van der Waals surface area (Å²) in [4.78, 5) is 12.3. The molecule has 134 valence electrons. The van der Waals surface area contributed by atoms with Gasteiger partial charge in [0.15, 0.2) is 6.10 Å². The summed E-state index contributed by atoms with van der Waals surface area (Å²) >= 11 is 0. The molecule has 0 spiro atoms. The quantitative estimate of drug-likeness (QED) is 0.710. The summed E-state index contributed by atoms with van der Waals surface area (Å²) in [6.07, 6.45) is 0.0850. The number of carbonyl (C=O) groups is 1. The molecule has 1 N–H and O–H groups in total. The SMILES string of the molecule is CC[C@H](Oc1cccc(C)c1)C(=O)NCCOc1ccc(OC)cc1. The maximum Gasteiger partial charge on any atom is 0.261 e. The van der Waals surface area contributed by atoms with Crippen LogP contribution in [0.4, 0.5) is 0 Å². The molecule has 0 saturated carbocycles. The van der Waals surface area contributed by atoms with E-state index in [0.717, 1.165) is 17.1 Å². The number of amides is 1. The van der Waals surface area contributed by atoms with Crippen LogP contribution in [0.5, 0.6) is 17.2 Å². The van der Waals surface area contributed by atoms with Crippen LogP contribution in [0.2, 0.25) is 0 Å². The molecular weight excluding hydrogens is 318 g/mol. The number of methoxy groups -OCH3 is 1. The summed E-state index contributed by atoms with van der Waals surface area (Å²) < 4.78 is 16.5. The fourth-order valence-corrected chi connectivity index (χ4v) is 2.30. The van der Waals surface area contributed by atoms with Gasteiger partial charge in [0.05, 0.1) is 13.7 Å². The van der Waals surface area contributed by atoms with Crippen molar-refractivity contribution >= 4 is 5.91 Å². The molecule has 0 unspecified atom stereocenters. The smallest absolute Gasteiger partial charge is 0.261 e. The number of rotatable bonds is 9. The lowest BCUT2D eigenvalue weighted by atomic mass is 10.2. The molecular formula is C20H25NO4. The third kappa shape index (κ3) is 6.03. The van der Waals surface area contributed by atoms with Crippen LogP contribution in [0.3, 0.4) is 0 Å². The molecule has 5 nitrogen and oxygen atoms in total. The molecule has 0 bridgehead atoms. The van der Waals surface area contributed by atoms with Crippen molar-refractivity contribution in [3.63, 3.8) is 0 Å². The highest BCUT2D eigenvalue weighted by Crippen LogP contribution is 2.17. The van der Waals surface area contributed by atoms with Gasteiger partial charge >= 0.3 is 0 Å². The van der Waals surface area contributed by atoms with Gasteiger partial charge in [-0.2, -0.15) is 0 Å². The summed E-state index contributed by atoms with van der Waals surface area (Å²) in [6, 6.07) is 15.0. The molecule has 25 heavy (non-hydrogen) atoms. The second-order valence-electron chi connectivity index (χ2n) is 5.65. The van der Waals surface area contributed by atoms with Crippen LogP contribution in [0.15, 0.2) is 48.5 Å². The molecule has 2 rings (SSSR count). The molecule has 2 aromatic rings. The normalized spacial score (nSPS) is 11.5. The molecule has 0 aliphatic rings. The minimum atomic E-state index is -0.511. The van der Waals surface area contributed by atoms with Crippen molar-refractivity contribution in [1.29, 1.82) is 0 Å².